The maximum absolute atomic E-state index is 11.5. The van der Waals surface area contributed by atoms with E-state index in [1.807, 2.05) is 13.0 Å². The summed E-state index contributed by atoms with van der Waals surface area (Å²) in [7, 11) is -3.09. The second-order valence-corrected chi connectivity index (χ2v) is 7.15. The zero-order valence-corrected chi connectivity index (χ0v) is 10.8. The van der Waals surface area contributed by atoms with Crippen molar-refractivity contribution in [1.82, 2.24) is 10.2 Å². The monoisotopic (exact) mass is 243 g/mol. The Morgan fingerprint density at radius 3 is 2.56 bits per heavy atom. The number of aromatic nitrogens is 2. The van der Waals surface area contributed by atoms with E-state index >= 15 is 0 Å². The number of nitrogens with one attached hydrogen (secondary N) is 1. The lowest BCUT2D eigenvalue weighted by Crippen LogP contribution is -2.38. The molecule has 1 rings (SSSR count). The van der Waals surface area contributed by atoms with Crippen LogP contribution in [0.2, 0.25) is 0 Å². The van der Waals surface area contributed by atoms with Crippen LogP contribution >= 0.6 is 0 Å². The van der Waals surface area contributed by atoms with Gasteiger partial charge in [-0.05, 0) is 32.4 Å². The Morgan fingerprint density at radius 1 is 1.44 bits per heavy atom. The molecule has 6 heteroatoms. The largest absolute Gasteiger partial charge is 0.367 e. The molecule has 90 valence electrons. The molecule has 0 saturated heterocycles. The van der Waals surface area contributed by atoms with Gasteiger partial charge in [-0.15, -0.1) is 5.10 Å². The van der Waals surface area contributed by atoms with Crippen LogP contribution in [0.3, 0.4) is 0 Å². The minimum Gasteiger partial charge on any atom is -0.367 e. The first-order chi connectivity index (χ1) is 7.22. The van der Waals surface area contributed by atoms with Gasteiger partial charge >= 0.3 is 0 Å². The van der Waals surface area contributed by atoms with Crippen LogP contribution in [-0.2, 0) is 9.84 Å². The minimum absolute atomic E-state index is 0.309. The Bertz CT molecular complexity index is 469. The number of anilines is 1. The molecule has 5 nitrogen and oxygen atoms in total. The van der Waals surface area contributed by atoms with E-state index in [2.05, 4.69) is 15.5 Å². The van der Waals surface area contributed by atoms with Crippen molar-refractivity contribution < 1.29 is 8.42 Å². The van der Waals surface area contributed by atoms with Gasteiger partial charge in [0.2, 0.25) is 0 Å². The Morgan fingerprint density at radius 2 is 2.06 bits per heavy atom. The second kappa shape index (κ2) is 4.37. The molecule has 0 aliphatic rings. The van der Waals surface area contributed by atoms with Gasteiger partial charge in [0.25, 0.3) is 0 Å². The van der Waals surface area contributed by atoms with Gasteiger partial charge in [-0.25, -0.2) is 8.42 Å². The summed E-state index contributed by atoms with van der Waals surface area (Å²) in [6.45, 7) is 5.57. The van der Waals surface area contributed by atoms with Crippen molar-refractivity contribution in [1.29, 1.82) is 0 Å². The lowest BCUT2D eigenvalue weighted by molar-refractivity contribution is 0.559. The average Bonchev–Trinajstić information content (AvgIpc) is 2.13. The molecule has 0 fully saturated rings. The second-order valence-electron chi connectivity index (χ2n) is 4.50. The SMILES string of the molecule is Cc1cnnc(NCC(C)(C)S(C)(=O)=O)c1. The summed E-state index contributed by atoms with van der Waals surface area (Å²) in [5, 5.41) is 10.6. The summed E-state index contributed by atoms with van der Waals surface area (Å²) in [6, 6.07) is 1.82. The van der Waals surface area contributed by atoms with Crippen molar-refractivity contribution in [2.24, 2.45) is 0 Å². The number of rotatable bonds is 4. The molecule has 0 radical (unpaired) electrons. The fourth-order valence-electron chi connectivity index (χ4n) is 0.985. The first-order valence-electron chi connectivity index (χ1n) is 4.95. The molecular formula is C10H17N3O2S. The number of sulfone groups is 1. The molecule has 0 spiro atoms. The van der Waals surface area contributed by atoms with Crippen LogP contribution in [0.15, 0.2) is 12.3 Å². The summed E-state index contributed by atoms with van der Waals surface area (Å²) in [5.74, 6) is 0.594. The first-order valence-corrected chi connectivity index (χ1v) is 6.84. The lowest BCUT2D eigenvalue weighted by Gasteiger charge is -2.22. The van der Waals surface area contributed by atoms with E-state index in [1.54, 1.807) is 20.0 Å². The lowest BCUT2D eigenvalue weighted by atomic mass is 10.2. The third kappa shape index (κ3) is 3.16. The Labute approximate surface area is 96.2 Å². The molecule has 0 unspecified atom stereocenters. The molecule has 16 heavy (non-hydrogen) atoms. The van der Waals surface area contributed by atoms with Gasteiger partial charge < -0.3 is 5.32 Å². The van der Waals surface area contributed by atoms with Crippen molar-refractivity contribution in [3.05, 3.63) is 17.8 Å². The van der Waals surface area contributed by atoms with Crippen molar-refractivity contribution in [2.75, 3.05) is 18.1 Å². The smallest absolute Gasteiger partial charge is 0.154 e. The first kappa shape index (κ1) is 12.9. The van der Waals surface area contributed by atoms with E-state index < -0.39 is 14.6 Å². The Hall–Kier alpha value is -1.17. The van der Waals surface area contributed by atoms with E-state index in [-0.39, 0.29) is 0 Å². The molecule has 0 aliphatic heterocycles. The van der Waals surface area contributed by atoms with Crippen LogP contribution in [0.1, 0.15) is 19.4 Å². The molecule has 0 amide bonds. The van der Waals surface area contributed by atoms with E-state index in [0.29, 0.717) is 12.4 Å². The molecule has 1 aromatic rings. The number of aryl methyl sites for hydroxylation is 1. The maximum Gasteiger partial charge on any atom is 0.154 e. The Kier molecular flexibility index (Phi) is 3.52. The molecule has 0 atom stereocenters. The topological polar surface area (TPSA) is 72.0 Å². The van der Waals surface area contributed by atoms with Crippen LogP contribution in [0, 0.1) is 6.92 Å². The number of hydrogen-bond donors (Lipinski definition) is 1. The normalized spacial score (nSPS) is 12.5. The standard InChI is InChI=1S/C10H17N3O2S/c1-8-5-9(13-12-6-8)11-7-10(2,3)16(4,14)15/h5-6H,7H2,1-4H3,(H,11,13). The van der Waals surface area contributed by atoms with Gasteiger partial charge in [0.15, 0.2) is 9.84 Å². The van der Waals surface area contributed by atoms with Crippen molar-refractivity contribution >= 4 is 15.7 Å². The van der Waals surface area contributed by atoms with Crippen LogP contribution in [0.25, 0.3) is 0 Å². The predicted molar refractivity (Wildman–Crippen MR) is 64.2 cm³/mol. The zero-order chi connectivity index (χ0) is 12.4. The minimum atomic E-state index is -3.09. The highest BCUT2D eigenvalue weighted by Gasteiger charge is 2.29. The van der Waals surface area contributed by atoms with Crippen LogP contribution < -0.4 is 5.32 Å². The van der Waals surface area contributed by atoms with Crippen LogP contribution in [0.5, 0.6) is 0 Å². The summed E-state index contributed by atoms with van der Waals surface area (Å²) >= 11 is 0. The zero-order valence-electron chi connectivity index (χ0n) is 9.98. The quantitative estimate of drug-likeness (QED) is 0.854. The van der Waals surface area contributed by atoms with Crippen LogP contribution in [0.4, 0.5) is 5.82 Å². The highest BCUT2D eigenvalue weighted by Crippen LogP contribution is 2.15. The molecule has 0 aromatic carbocycles. The molecule has 0 saturated carbocycles. The predicted octanol–water partition coefficient (Wildman–Crippen LogP) is 1.02. The van der Waals surface area contributed by atoms with Crippen molar-refractivity contribution in [3.63, 3.8) is 0 Å². The summed E-state index contributed by atoms with van der Waals surface area (Å²) in [4.78, 5) is 0. The van der Waals surface area contributed by atoms with Gasteiger partial charge in [0.1, 0.15) is 5.82 Å². The third-order valence-corrected chi connectivity index (χ3v) is 4.64. The molecule has 1 aromatic heterocycles. The molecule has 1 heterocycles. The van der Waals surface area contributed by atoms with E-state index in [0.717, 1.165) is 5.56 Å². The molecule has 0 aliphatic carbocycles. The van der Waals surface area contributed by atoms with Gasteiger partial charge in [0.05, 0.1) is 10.9 Å². The highest BCUT2D eigenvalue weighted by atomic mass is 32.2. The summed E-state index contributed by atoms with van der Waals surface area (Å²) in [6.07, 6.45) is 2.88. The fraction of sp³-hybridized carbons (Fsp3) is 0.600. The van der Waals surface area contributed by atoms with E-state index in [9.17, 15) is 8.42 Å². The van der Waals surface area contributed by atoms with Gasteiger partial charge in [-0.3, -0.25) is 0 Å². The van der Waals surface area contributed by atoms with Gasteiger partial charge in [-0.1, -0.05) is 0 Å². The van der Waals surface area contributed by atoms with Crippen LogP contribution in [-0.4, -0.2) is 36.2 Å². The average molecular weight is 243 g/mol. The van der Waals surface area contributed by atoms with Gasteiger partial charge in [-0.2, -0.15) is 5.10 Å². The Balaban J connectivity index is 2.72. The maximum atomic E-state index is 11.5. The van der Waals surface area contributed by atoms with E-state index in [4.69, 9.17) is 0 Å². The van der Waals surface area contributed by atoms with Gasteiger partial charge in [0, 0.05) is 12.8 Å². The molecule has 1 N–H and O–H groups in total. The fourth-order valence-corrected chi connectivity index (χ4v) is 1.32. The molecule has 0 bridgehead atoms. The van der Waals surface area contributed by atoms with Crippen molar-refractivity contribution in [3.8, 4) is 0 Å². The number of nitrogens with zero attached hydrogens (tertiary/aromatic N) is 2. The van der Waals surface area contributed by atoms with E-state index in [1.165, 1.54) is 6.26 Å². The summed E-state index contributed by atoms with van der Waals surface area (Å²) < 4.78 is 22.1. The number of hydrogen-bond acceptors (Lipinski definition) is 5. The highest BCUT2D eigenvalue weighted by molar-refractivity contribution is 7.92. The third-order valence-electron chi connectivity index (χ3n) is 2.49. The molecular weight excluding hydrogens is 226 g/mol. The van der Waals surface area contributed by atoms with Crippen molar-refractivity contribution in [2.45, 2.75) is 25.5 Å². The summed E-state index contributed by atoms with van der Waals surface area (Å²) in [5.41, 5.74) is 0.981.